The highest BCUT2D eigenvalue weighted by Crippen LogP contribution is 2.38. The number of nitrogens with zero attached hydrogens (tertiary/aromatic N) is 1. The smallest absolute Gasteiger partial charge is 0.407 e. The second-order valence-corrected chi connectivity index (χ2v) is 11.9. The number of anilines is 1. The molecule has 2 atom stereocenters. The van der Waals surface area contributed by atoms with Crippen molar-refractivity contribution in [1.82, 2.24) is 10.2 Å². The molecule has 10 heteroatoms. The van der Waals surface area contributed by atoms with Crippen LogP contribution >= 0.6 is 0 Å². The van der Waals surface area contributed by atoms with Crippen LogP contribution in [0.1, 0.15) is 74.7 Å². The molecule has 1 saturated carbocycles. The summed E-state index contributed by atoms with van der Waals surface area (Å²) >= 11 is 0. The maximum absolute atomic E-state index is 14.4. The Bertz CT molecular complexity index is 1270. The normalized spacial score (nSPS) is 22.6. The summed E-state index contributed by atoms with van der Waals surface area (Å²) < 4.78 is 19.7. The first-order chi connectivity index (χ1) is 19.4. The van der Waals surface area contributed by atoms with E-state index in [2.05, 4.69) is 10.6 Å². The van der Waals surface area contributed by atoms with Gasteiger partial charge in [0, 0.05) is 30.6 Å². The summed E-state index contributed by atoms with van der Waals surface area (Å²) in [5, 5.41) is 5.58. The predicted octanol–water partition coefficient (Wildman–Crippen LogP) is 4.58. The third kappa shape index (κ3) is 7.62. The molecule has 1 aliphatic carbocycles. The summed E-state index contributed by atoms with van der Waals surface area (Å²) in [6.45, 7) is 6.37. The molecule has 1 saturated heterocycles. The molecule has 220 valence electrons. The molecule has 0 bridgehead atoms. The van der Waals surface area contributed by atoms with Crippen LogP contribution in [-0.2, 0) is 14.3 Å². The lowest BCUT2D eigenvalue weighted by Crippen LogP contribution is -2.48. The lowest BCUT2D eigenvalue weighted by Gasteiger charge is -2.34. The van der Waals surface area contributed by atoms with Gasteiger partial charge in [0.2, 0.25) is 11.8 Å². The Labute approximate surface area is 240 Å². The average molecular weight is 567 g/mol. The molecule has 2 aromatic carbocycles. The molecule has 4 N–H and O–H groups in total. The van der Waals surface area contributed by atoms with Gasteiger partial charge in [-0.15, -0.1) is 0 Å². The maximum atomic E-state index is 14.4. The van der Waals surface area contributed by atoms with Crippen molar-refractivity contribution < 1.29 is 28.3 Å². The van der Waals surface area contributed by atoms with Gasteiger partial charge in [0.15, 0.2) is 0 Å². The van der Waals surface area contributed by atoms with Crippen molar-refractivity contribution in [3.63, 3.8) is 0 Å². The van der Waals surface area contributed by atoms with Crippen LogP contribution in [0, 0.1) is 17.7 Å². The fraction of sp³-hybridized carbons (Fsp3) is 0.484. The zero-order valence-corrected chi connectivity index (χ0v) is 23.8. The monoisotopic (exact) mass is 566 g/mol. The van der Waals surface area contributed by atoms with Gasteiger partial charge in [-0.05, 0) is 82.6 Å². The number of nitrogens with one attached hydrogen (secondary N) is 2. The Morgan fingerprint density at radius 3 is 2.29 bits per heavy atom. The number of carbonyl (C=O) groups excluding carboxylic acids is 4. The Kier molecular flexibility index (Phi) is 9.30. The summed E-state index contributed by atoms with van der Waals surface area (Å²) in [7, 11) is 0. The molecule has 2 aliphatic rings. The standard InChI is InChI=1S/C31H39FN4O5/c1-31(2,3)41-30(40)34-18-19-9-11-21(12-10-19)29(39)36-16-15-23(20-7-5-4-6-8-20)26(36)28(38)35-22-13-14-24(27(33)37)25(32)17-22/h4-8,13-14,17,19,21,23,26H,9-12,15-16,18H2,1-3H3,(H2,33,37)(H,34,40)(H,35,38)/t19-,21-,23-,26-/m0/s1. The summed E-state index contributed by atoms with van der Waals surface area (Å²) in [4.78, 5) is 52.5. The number of amides is 4. The first-order valence-corrected chi connectivity index (χ1v) is 14.2. The van der Waals surface area contributed by atoms with Crippen molar-refractivity contribution in [1.29, 1.82) is 0 Å². The Morgan fingerprint density at radius 2 is 1.68 bits per heavy atom. The van der Waals surface area contributed by atoms with E-state index >= 15 is 0 Å². The van der Waals surface area contributed by atoms with E-state index in [1.165, 1.54) is 12.1 Å². The van der Waals surface area contributed by atoms with E-state index in [1.807, 2.05) is 51.1 Å². The fourth-order valence-electron chi connectivity index (χ4n) is 5.81. The molecule has 9 nitrogen and oxygen atoms in total. The quantitative estimate of drug-likeness (QED) is 0.452. The first kappa shape index (κ1) is 30.0. The van der Waals surface area contributed by atoms with Gasteiger partial charge in [0.1, 0.15) is 17.5 Å². The van der Waals surface area contributed by atoms with E-state index in [9.17, 15) is 23.6 Å². The van der Waals surface area contributed by atoms with E-state index in [0.29, 0.717) is 32.4 Å². The number of alkyl carbamates (subject to hydrolysis) is 1. The molecule has 1 heterocycles. The van der Waals surface area contributed by atoms with E-state index in [4.69, 9.17) is 10.5 Å². The number of hydrogen-bond donors (Lipinski definition) is 3. The minimum atomic E-state index is -0.896. The van der Waals surface area contributed by atoms with Crippen LogP contribution in [0.15, 0.2) is 48.5 Å². The number of ether oxygens (including phenoxy) is 1. The lowest BCUT2D eigenvalue weighted by molar-refractivity contribution is -0.141. The molecule has 2 aromatic rings. The predicted molar refractivity (Wildman–Crippen MR) is 153 cm³/mol. The first-order valence-electron chi connectivity index (χ1n) is 14.2. The number of benzene rings is 2. The summed E-state index contributed by atoms with van der Waals surface area (Å²) in [5.41, 5.74) is 5.50. The number of likely N-dealkylation sites (tertiary alicyclic amines) is 1. The summed E-state index contributed by atoms with van der Waals surface area (Å²) in [6.07, 6.45) is 3.07. The van der Waals surface area contributed by atoms with E-state index in [0.717, 1.165) is 24.5 Å². The number of hydrogen-bond acceptors (Lipinski definition) is 5. The van der Waals surface area contributed by atoms with Crippen molar-refractivity contribution in [2.75, 3.05) is 18.4 Å². The van der Waals surface area contributed by atoms with Gasteiger partial charge in [-0.1, -0.05) is 30.3 Å². The van der Waals surface area contributed by atoms with Gasteiger partial charge < -0.3 is 26.0 Å². The molecule has 0 unspecified atom stereocenters. The maximum Gasteiger partial charge on any atom is 0.407 e. The van der Waals surface area contributed by atoms with Crippen LogP contribution in [0.4, 0.5) is 14.9 Å². The van der Waals surface area contributed by atoms with Crippen molar-refractivity contribution in [2.24, 2.45) is 17.6 Å². The van der Waals surface area contributed by atoms with Crippen molar-refractivity contribution in [3.05, 3.63) is 65.5 Å². The third-order valence-corrected chi connectivity index (χ3v) is 7.81. The molecule has 0 spiro atoms. The topological polar surface area (TPSA) is 131 Å². The Balaban J connectivity index is 1.43. The number of carbonyl (C=O) groups is 4. The Hall–Kier alpha value is -3.95. The molecular formula is C31H39FN4O5. The molecular weight excluding hydrogens is 527 g/mol. The molecule has 0 radical (unpaired) electrons. The van der Waals surface area contributed by atoms with Crippen LogP contribution < -0.4 is 16.4 Å². The number of halogens is 1. The fourth-order valence-corrected chi connectivity index (χ4v) is 5.81. The molecule has 0 aromatic heterocycles. The van der Waals surface area contributed by atoms with Crippen LogP contribution in [0.25, 0.3) is 0 Å². The highest BCUT2D eigenvalue weighted by atomic mass is 19.1. The average Bonchev–Trinajstić information content (AvgIpc) is 3.37. The van der Waals surface area contributed by atoms with Crippen LogP contribution in [0.2, 0.25) is 0 Å². The minimum absolute atomic E-state index is 0.0580. The van der Waals surface area contributed by atoms with Gasteiger partial charge in [-0.3, -0.25) is 14.4 Å². The van der Waals surface area contributed by atoms with Crippen molar-refractivity contribution in [2.45, 2.75) is 70.4 Å². The van der Waals surface area contributed by atoms with E-state index in [1.54, 1.807) is 4.90 Å². The highest BCUT2D eigenvalue weighted by molar-refractivity contribution is 5.99. The van der Waals surface area contributed by atoms with Gasteiger partial charge >= 0.3 is 6.09 Å². The van der Waals surface area contributed by atoms with Crippen LogP contribution in [0.3, 0.4) is 0 Å². The molecule has 41 heavy (non-hydrogen) atoms. The lowest BCUT2D eigenvalue weighted by atomic mass is 9.81. The number of nitrogens with two attached hydrogens (primary N) is 1. The summed E-state index contributed by atoms with van der Waals surface area (Å²) in [5.74, 6) is -2.38. The van der Waals surface area contributed by atoms with Gasteiger partial charge in [0.25, 0.3) is 5.91 Å². The molecule has 4 amide bonds. The van der Waals surface area contributed by atoms with Gasteiger partial charge in [-0.2, -0.15) is 0 Å². The third-order valence-electron chi connectivity index (χ3n) is 7.81. The van der Waals surface area contributed by atoms with E-state index in [-0.39, 0.29) is 34.9 Å². The van der Waals surface area contributed by atoms with Crippen molar-refractivity contribution >= 4 is 29.5 Å². The minimum Gasteiger partial charge on any atom is -0.444 e. The zero-order valence-electron chi connectivity index (χ0n) is 23.8. The zero-order chi connectivity index (χ0) is 29.7. The molecule has 1 aliphatic heterocycles. The number of primary amides is 1. The Morgan fingerprint density at radius 1 is 1.00 bits per heavy atom. The van der Waals surface area contributed by atoms with Crippen LogP contribution in [0.5, 0.6) is 0 Å². The largest absolute Gasteiger partial charge is 0.444 e. The van der Waals surface area contributed by atoms with E-state index < -0.39 is 35.4 Å². The van der Waals surface area contributed by atoms with Gasteiger partial charge in [0.05, 0.1) is 5.56 Å². The van der Waals surface area contributed by atoms with Gasteiger partial charge in [-0.25, -0.2) is 9.18 Å². The number of rotatable bonds is 7. The SMILES string of the molecule is CC(C)(C)OC(=O)NC[C@H]1CC[C@H](C(=O)N2CC[C@@H](c3ccccc3)[C@H]2C(=O)Nc2ccc(C(N)=O)c(F)c2)CC1. The second-order valence-electron chi connectivity index (χ2n) is 11.9. The summed E-state index contributed by atoms with van der Waals surface area (Å²) in [6, 6.07) is 12.5. The second kappa shape index (κ2) is 12.7. The molecule has 2 fully saturated rings. The van der Waals surface area contributed by atoms with Crippen molar-refractivity contribution in [3.8, 4) is 0 Å². The van der Waals surface area contributed by atoms with Crippen LogP contribution in [-0.4, -0.2) is 53.4 Å². The molecule has 4 rings (SSSR count). The highest BCUT2D eigenvalue weighted by Gasteiger charge is 2.44.